The van der Waals surface area contributed by atoms with Crippen molar-refractivity contribution in [2.24, 2.45) is 0 Å². The number of para-hydroxylation sites is 1. The molecule has 0 spiro atoms. The molecular formula is C44H27NOS. The summed E-state index contributed by atoms with van der Waals surface area (Å²) in [6.45, 7) is 0. The van der Waals surface area contributed by atoms with Crippen LogP contribution in [-0.2, 0) is 0 Å². The van der Waals surface area contributed by atoms with E-state index in [0.29, 0.717) is 0 Å². The van der Waals surface area contributed by atoms with Gasteiger partial charge in [-0.05, 0) is 87.3 Å². The molecule has 0 saturated carbocycles. The van der Waals surface area contributed by atoms with Crippen molar-refractivity contribution in [2.75, 3.05) is 4.90 Å². The van der Waals surface area contributed by atoms with E-state index >= 15 is 0 Å². The molecule has 0 saturated heterocycles. The molecule has 0 aliphatic heterocycles. The van der Waals surface area contributed by atoms with Crippen LogP contribution in [0.1, 0.15) is 0 Å². The van der Waals surface area contributed by atoms with Gasteiger partial charge in [0.2, 0.25) is 0 Å². The third-order valence-corrected chi connectivity index (χ3v) is 10.5. The van der Waals surface area contributed by atoms with Gasteiger partial charge in [-0.1, -0.05) is 103 Å². The highest BCUT2D eigenvalue weighted by Gasteiger charge is 2.18. The average molecular weight is 618 g/mol. The molecule has 10 aromatic rings. The van der Waals surface area contributed by atoms with Gasteiger partial charge in [-0.25, -0.2) is 0 Å². The first-order chi connectivity index (χ1) is 23.3. The normalized spacial score (nSPS) is 11.8. The largest absolute Gasteiger partial charge is 0.456 e. The summed E-state index contributed by atoms with van der Waals surface area (Å²) < 4.78 is 8.94. The fourth-order valence-electron chi connectivity index (χ4n) is 7.16. The highest BCUT2D eigenvalue weighted by atomic mass is 32.1. The van der Waals surface area contributed by atoms with Crippen molar-refractivity contribution in [2.45, 2.75) is 0 Å². The molecule has 220 valence electrons. The molecule has 0 radical (unpaired) electrons. The Morgan fingerprint density at radius 3 is 1.85 bits per heavy atom. The Labute approximate surface area is 275 Å². The van der Waals surface area contributed by atoms with Crippen LogP contribution in [0.25, 0.3) is 74.8 Å². The molecule has 0 aliphatic carbocycles. The number of thiophene rings is 1. The Morgan fingerprint density at radius 1 is 0.383 bits per heavy atom. The molecule has 0 amide bonds. The molecule has 2 nitrogen and oxygen atoms in total. The second kappa shape index (κ2) is 10.3. The first-order valence-corrected chi connectivity index (χ1v) is 16.7. The molecule has 2 aromatic heterocycles. The van der Waals surface area contributed by atoms with Gasteiger partial charge in [-0.2, -0.15) is 0 Å². The fraction of sp³-hybridized carbons (Fsp3) is 0. The van der Waals surface area contributed by atoms with E-state index in [1.807, 2.05) is 23.5 Å². The SMILES string of the molecule is c1ccc2cc3c(cc2c1)sc1cc(N(c2ccc(-c4cccc5ccccc45)cc2)c2ccc4c(c2)oc2ccccc24)ccc13. The smallest absolute Gasteiger partial charge is 0.137 e. The van der Waals surface area contributed by atoms with Crippen LogP contribution in [0.3, 0.4) is 0 Å². The van der Waals surface area contributed by atoms with Crippen molar-refractivity contribution in [1.82, 2.24) is 0 Å². The van der Waals surface area contributed by atoms with Crippen LogP contribution < -0.4 is 4.90 Å². The van der Waals surface area contributed by atoms with Gasteiger partial charge >= 0.3 is 0 Å². The lowest BCUT2D eigenvalue weighted by Crippen LogP contribution is -2.09. The summed E-state index contributed by atoms with van der Waals surface area (Å²) in [6, 6.07) is 59.1. The topological polar surface area (TPSA) is 16.4 Å². The summed E-state index contributed by atoms with van der Waals surface area (Å²) in [4.78, 5) is 2.35. The zero-order chi connectivity index (χ0) is 30.9. The van der Waals surface area contributed by atoms with E-state index in [4.69, 9.17) is 4.42 Å². The van der Waals surface area contributed by atoms with E-state index in [-0.39, 0.29) is 0 Å². The maximum atomic E-state index is 6.36. The second-order valence-electron chi connectivity index (χ2n) is 12.2. The molecule has 0 aliphatic rings. The highest BCUT2D eigenvalue weighted by Crippen LogP contribution is 2.43. The van der Waals surface area contributed by atoms with Gasteiger partial charge in [-0.15, -0.1) is 11.3 Å². The van der Waals surface area contributed by atoms with Crippen LogP contribution in [0.15, 0.2) is 168 Å². The Hall–Kier alpha value is -5.90. The monoisotopic (exact) mass is 617 g/mol. The Balaban J connectivity index is 1.15. The fourth-order valence-corrected chi connectivity index (χ4v) is 8.33. The van der Waals surface area contributed by atoms with Crippen LogP contribution in [0.4, 0.5) is 17.1 Å². The third-order valence-electron chi connectivity index (χ3n) is 9.43. The van der Waals surface area contributed by atoms with E-state index in [9.17, 15) is 0 Å². The van der Waals surface area contributed by atoms with Crippen molar-refractivity contribution in [3.8, 4) is 11.1 Å². The Morgan fingerprint density at radius 2 is 1.00 bits per heavy atom. The number of hydrogen-bond donors (Lipinski definition) is 0. The minimum absolute atomic E-state index is 0.885. The lowest BCUT2D eigenvalue weighted by molar-refractivity contribution is 0.669. The van der Waals surface area contributed by atoms with Crippen molar-refractivity contribution >= 4 is 92.1 Å². The molecule has 0 fully saturated rings. The summed E-state index contributed by atoms with van der Waals surface area (Å²) in [5.74, 6) is 0. The van der Waals surface area contributed by atoms with Gasteiger partial charge in [0.25, 0.3) is 0 Å². The molecule has 3 heteroatoms. The molecule has 0 bridgehead atoms. The summed E-state index contributed by atoms with van der Waals surface area (Å²) in [7, 11) is 0. The number of furan rings is 1. The van der Waals surface area contributed by atoms with Crippen molar-refractivity contribution in [3.05, 3.63) is 164 Å². The lowest BCUT2D eigenvalue weighted by atomic mass is 9.98. The predicted molar refractivity (Wildman–Crippen MR) is 202 cm³/mol. The molecule has 2 heterocycles. The van der Waals surface area contributed by atoms with Crippen LogP contribution in [0, 0.1) is 0 Å². The standard InChI is InChI=1S/C44H27NOS/c1-2-10-31-25-43-40(24-30(31)9-1)39-23-21-34(27-44(39)47-43)45(33-20-22-38-37-13-5-6-15-41(37)46-42(38)26-33)32-18-16-29(17-19-32)36-14-7-11-28-8-3-4-12-35(28)36/h1-27H. The summed E-state index contributed by atoms with van der Waals surface area (Å²) in [5.41, 5.74) is 7.49. The summed E-state index contributed by atoms with van der Waals surface area (Å²) >= 11 is 1.86. The predicted octanol–water partition coefficient (Wildman–Crippen LogP) is 13.4. The van der Waals surface area contributed by atoms with Gasteiger partial charge in [0, 0.05) is 54.1 Å². The molecule has 47 heavy (non-hydrogen) atoms. The van der Waals surface area contributed by atoms with E-state index in [1.54, 1.807) is 0 Å². The number of nitrogens with zero attached hydrogens (tertiary/aromatic N) is 1. The van der Waals surface area contributed by atoms with E-state index in [1.165, 1.54) is 52.8 Å². The van der Waals surface area contributed by atoms with E-state index in [0.717, 1.165) is 39.0 Å². The van der Waals surface area contributed by atoms with Gasteiger partial charge in [-0.3, -0.25) is 0 Å². The van der Waals surface area contributed by atoms with Gasteiger partial charge < -0.3 is 9.32 Å². The maximum Gasteiger partial charge on any atom is 0.137 e. The molecule has 10 rings (SSSR count). The van der Waals surface area contributed by atoms with E-state index in [2.05, 4.69) is 157 Å². The lowest BCUT2D eigenvalue weighted by Gasteiger charge is -2.26. The first kappa shape index (κ1) is 26.3. The quantitative estimate of drug-likeness (QED) is 0.195. The van der Waals surface area contributed by atoms with Crippen LogP contribution in [-0.4, -0.2) is 0 Å². The van der Waals surface area contributed by atoms with Gasteiger partial charge in [0.05, 0.1) is 0 Å². The van der Waals surface area contributed by atoms with Crippen molar-refractivity contribution in [3.63, 3.8) is 0 Å². The minimum Gasteiger partial charge on any atom is -0.456 e. The van der Waals surface area contributed by atoms with Crippen LogP contribution >= 0.6 is 11.3 Å². The molecule has 8 aromatic carbocycles. The third kappa shape index (κ3) is 4.25. The van der Waals surface area contributed by atoms with Gasteiger partial charge in [0.15, 0.2) is 0 Å². The van der Waals surface area contributed by atoms with Gasteiger partial charge in [0.1, 0.15) is 11.2 Å². The van der Waals surface area contributed by atoms with Crippen LogP contribution in [0.5, 0.6) is 0 Å². The number of anilines is 3. The van der Waals surface area contributed by atoms with E-state index < -0.39 is 0 Å². The zero-order valence-electron chi connectivity index (χ0n) is 25.4. The summed E-state index contributed by atoms with van der Waals surface area (Å²) in [6.07, 6.45) is 0. The number of fused-ring (bicyclic) bond motifs is 8. The minimum atomic E-state index is 0.885. The summed E-state index contributed by atoms with van der Waals surface area (Å²) in [5, 5.41) is 9.93. The molecular weight excluding hydrogens is 591 g/mol. The number of hydrogen-bond acceptors (Lipinski definition) is 3. The molecule has 0 atom stereocenters. The van der Waals surface area contributed by atoms with Crippen molar-refractivity contribution in [1.29, 1.82) is 0 Å². The van der Waals surface area contributed by atoms with Crippen LogP contribution in [0.2, 0.25) is 0 Å². The number of benzene rings is 8. The molecule has 0 N–H and O–H groups in total. The second-order valence-corrected chi connectivity index (χ2v) is 13.2. The first-order valence-electron chi connectivity index (χ1n) is 15.9. The molecule has 0 unspecified atom stereocenters. The zero-order valence-corrected chi connectivity index (χ0v) is 26.2. The average Bonchev–Trinajstić information content (AvgIpc) is 3.67. The van der Waals surface area contributed by atoms with Crippen molar-refractivity contribution < 1.29 is 4.42 Å². The number of rotatable bonds is 4. The Kier molecular flexibility index (Phi) is 5.78. The highest BCUT2D eigenvalue weighted by molar-refractivity contribution is 7.25. The maximum absolute atomic E-state index is 6.36. The Bertz CT molecular complexity index is 2800.